The second kappa shape index (κ2) is 14.1. The number of imide groups is 2. The first-order valence-corrected chi connectivity index (χ1v) is 16.7. The van der Waals surface area contributed by atoms with Gasteiger partial charge in [-0.25, -0.2) is 0 Å². The Hall–Kier alpha value is -4.86. The van der Waals surface area contributed by atoms with Crippen molar-refractivity contribution in [3.8, 4) is 17.4 Å². The van der Waals surface area contributed by atoms with Crippen molar-refractivity contribution < 1.29 is 42.6 Å². The number of aromatic nitrogens is 2. The molecule has 0 bridgehead atoms. The monoisotopic (exact) mass is 675 g/mol. The fourth-order valence-corrected chi connectivity index (χ4v) is 6.89. The van der Waals surface area contributed by atoms with Crippen LogP contribution < -0.4 is 19.5 Å². The summed E-state index contributed by atoms with van der Waals surface area (Å²) >= 11 is 1.64. The summed E-state index contributed by atoms with van der Waals surface area (Å²) in [7, 11) is 0. The molecule has 0 radical (unpaired) electrons. The zero-order valence-electron chi connectivity index (χ0n) is 25.9. The van der Waals surface area contributed by atoms with Gasteiger partial charge in [0.1, 0.15) is 36.9 Å². The molecule has 15 heteroatoms. The van der Waals surface area contributed by atoms with Crippen molar-refractivity contribution >= 4 is 45.2 Å². The lowest BCUT2D eigenvalue weighted by Gasteiger charge is -2.31. The first-order valence-electron chi connectivity index (χ1n) is 15.8. The van der Waals surface area contributed by atoms with E-state index in [1.54, 1.807) is 35.7 Å². The molecule has 250 valence electrons. The number of carbonyl (C=O) groups excluding carboxylic acids is 4. The van der Waals surface area contributed by atoms with Crippen molar-refractivity contribution in [1.29, 1.82) is 0 Å². The van der Waals surface area contributed by atoms with Gasteiger partial charge in [-0.05, 0) is 54.1 Å². The highest BCUT2D eigenvalue weighted by Gasteiger charge is 2.46. The lowest BCUT2D eigenvalue weighted by atomic mass is 10.0. The molecule has 1 aromatic carbocycles. The third kappa shape index (κ3) is 6.74. The Morgan fingerprint density at radius 3 is 2.60 bits per heavy atom. The van der Waals surface area contributed by atoms with Gasteiger partial charge < -0.3 is 23.5 Å². The van der Waals surface area contributed by atoms with Gasteiger partial charge in [-0.3, -0.25) is 39.3 Å². The maximum absolute atomic E-state index is 13.2. The summed E-state index contributed by atoms with van der Waals surface area (Å²) in [5, 5.41) is 8.22. The van der Waals surface area contributed by atoms with Gasteiger partial charge in [0.2, 0.25) is 11.8 Å². The number of hydrogen-bond acceptors (Lipinski definition) is 13. The van der Waals surface area contributed by atoms with Gasteiger partial charge in [0.05, 0.1) is 41.1 Å². The molecule has 6 heterocycles. The molecule has 1 unspecified atom stereocenters. The van der Waals surface area contributed by atoms with Gasteiger partial charge in [-0.1, -0.05) is 6.07 Å². The van der Waals surface area contributed by atoms with Crippen LogP contribution in [-0.2, 0) is 20.9 Å². The summed E-state index contributed by atoms with van der Waals surface area (Å²) in [6.45, 7) is 3.22. The quantitative estimate of drug-likeness (QED) is 0.163. The molecule has 3 aromatic heterocycles. The maximum Gasteiger partial charge on any atom is 0.266 e. The molecule has 1 atom stereocenters. The Balaban J connectivity index is 0.802. The number of pyridine rings is 1. The minimum atomic E-state index is -1.04. The number of ether oxygens (including phenoxy) is 4. The van der Waals surface area contributed by atoms with Crippen LogP contribution in [0.5, 0.6) is 17.4 Å². The van der Waals surface area contributed by atoms with Crippen LogP contribution in [0.1, 0.15) is 52.2 Å². The van der Waals surface area contributed by atoms with Crippen molar-refractivity contribution in [1.82, 2.24) is 25.3 Å². The van der Waals surface area contributed by atoms with E-state index in [4.69, 9.17) is 23.5 Å². The number of thiophene rings is 1. The molecule has 48 heavy (non-hydrogen) atoms. The van der Waals surface area contributed by atoms with Crippen LogP contribution in [0.2, 0.25) is 0 Å². The highest BCUT2D eigenvalue weighted by atomic mass is 32.1. The minimum absolute atomic E-state index is 0.0505. The Kier molecular flexibility index (Phi) is 9.31. The summed E-state index contributed by atoms with van der Waals surface area (Å²) in [5.74, 6) is -0.0854. The summed E-state index contributed by atoms with van der Waals surface area (Å²) < 4.78 is 29.9. The van der Waals surface area contributed by atoms with Crippen LogP contribution in [0, 0.1) is 0 Å². The number of amides is 4. The maximum atomic E-state index is 13.2. The minimum Gasteiger partial charge on any atom is -0.490 e. The lowest BCUT2D eigenvalue weighted by Crippen LogP contribution is -2.54. The highest BCUT2D eigenvalue weighted by Crippen LogP contribution is 2.34. The number of nitrogens with one attached hydrogen (secondary N) is 1. The van der Waals surface area contributed by atoms with Crippen LogP contribution in [0.4, 0.5) is 0 Å². The summed E-state index contributed by atoms with van der Waals surface area (Å²) in [6, 6.07) is 9.39. The Bertz CT molecular complexity index is 1830. The van der Waals surface area contributed by atoms with E-state index < -0.39 is 29.7 Å². The van der Waals surface area contributed by atoms with Crippen LogP contribution >= 0.6 is 11.3 Å². The van der Waals surface area contributed by atoms with Crippen molar-refractivity contribution in [2.75, 3.05) is 39.5 Å². The number of carbonyl (C=O) groups is 4. The van der Waals surface area contributed by atoms with Crippen LogP contribution in [0.25, 0.3) is 10.2 Å². The summed E-state index contributed by atoms with van der Waals surface area (Å²) in [4.78, 5) is 57.6. The van der Waals surface area contributed by atoms with E-state index in [1.165, 1.54) is 6.07 Å². The van der Waals surface area contributed by atoms with Crippen LogP contribution in [0.15, 0.2) is 52.5 Å². The molecule has 14 nitrogen and oxygen atoms in total. The van der Waals surface area contributed by atoms with Crippen molar-refractivity contribution in [3.05, 3.63) is 64.9 Å². The Morgan fingerprint density at radius 2 is 1.77 bits per heavy atom. The largest absolute Gasteiger partial charge is 0.490 e. The summed E-state index contributed by atoms with van der Waals surface area (Å²) in [6.07, 6.45) is 3.90. The van der Waals surface area contributed by atoms with Crippen molar-refractivity contribution in [2.24, 2.45) is 0 Å². The van der Waals surface area contributed by atoms with Crippen LogP contribution in [-0.4, -0.2) is 95.2 Å². The smallest absolute Gasteiger partial charge is 0.266 e. The van der Waals surface area contributed by atoms with Crippen molar-refractivity contribution in [3.63, 3.8) is 0 Å². The number of hydrogen-bond donors (Lipinski definition) is 1. The molecule has 0 spiro atoms. The number of nitrogens with zero attached hydrogens (tertiary/aromatic N) is 4. The Labute approximate surface area is 278 Å². The first kappa shape index (κ1) is 31.7. The Morgan fingerprint density at radius 1 is 0.938 bits per heavy atom. The van der Waals surface area contributed by atoms with Gasteiger partial charge in [0.15, 0.2) is 5.76 Å². The number of rotatable bonds is 13. The van der Waals surface area contributed by atoms with E-state index in [9.17, 15) is 19.2 Å². The van der Waals surface area contributed by atoms with Crippen LogP contribution in [0.3, 0.4) is 0 Å². The van der Waals surface area contributed by atoms with E-state index in [1.807, 2.05) is 17.5 Å². The molecule has 3 aliphatic heterocycles. The van der Waals surface area contributed by atoms with Gasteiger partial charge >= 0.3 is 0 Å². The fourth-order valence-electron chi connectivity index (χ4n) is 6.09. The average molecular weight is 676 g/mol. The predicted molar refractivity (Wildman–Crippen MR) is 170 cm³/mol. The molecule has 4 amide bonds. The second-order valence-corrected chi connectivity index (χ2v) is 12.5. The van der Waals surface area contributed by atoms with Gasteiger partial charge in [-0.2, -0.15) is 0 Å². The van der Waals surface area contributed by atoms with Crippen molar-refractivity contribution in [2.45, 2.75) is 44.4 Å². The fraction of sp³-hybridized carbons (Fsp3) is 0.394. The molecular formula is C33H33N5O9S. The van der Waals surface area contributed by atoms with Gasteiger partial charge in [0, 0.05) is 31.8 Å². The number of likely N-dealkylation sites (tertiary alicyclic amines) is 1. The van der Waals surface area contributed by atoms with Gasteiger partial charge in [0.25, 0.3) is 17.7 Å². The number of benzene rings is 1. The van der Waals surface area contributed by atoms with Gasteiger partial charge in [-0.15, -0.1) is 11.3 Å². The molecular weight excluding hydrogens is 642 g/mol. The SMILES string of the molecule is O=C1CCC(N2C(=O)c3cccc(OCCOCCOc4cc(CN5CCC(Oc6ccnc7ccsc67)CC5)on4)c3C2=O)C(=O)N1. The zero-order valence-corrected chi connectivity index (χ0v) is 26.7. The normalized spacial score (nSPS) is 18.8. The molecule has 0 saturated carbocycles. The van der Waals surface area contributed by atoms with E-state index in [0.717, 1.165) is 46.8 Å². The third-order valence-electron chi connectivity index (χ3n) is 8.45. The highest BCUT2D eigenvalue weighted by molar-refractivity contribution is 7.17. The molecule has 2 fully saturated rings. The van der Waals surface area contributed by atoms with E-state index >= 15 is 0 Å². The topological polar surface area (TPSA) is 163 Å². The first-order chi connectivity index (χ1) is 23.4. The molecule has 3 aliphatic rings. The lowest BCUT2D eigenvalue weighted by molar-refractivity contribution is -0.136. The van der Waals surface area contributed by atoms with E-state index in [2.05, 4.69) is 20.4 Å². The molecule has 0 aliphatic carbocycles. The third-order valence-corrected chi connectivity index (χ3v) is 9.36. The number of fused-ring (bicyclic) bond motifs is 2. The molecule has 7 rings (SSSR count). The summed E-state index contributed by atoms with van der Waals surface area (Å²) in [5.41, 5.74) is 1.22. The molecule has 4 aromatic rings. The standard InChI is InChI=1S/C33H33N5O9S/c39-27-5-4-24(31(40)35-27)38-32(41)22-2-1-3-25(29(22)33(38)42)44-15-13-43-14-16-45-28-18-21(47-36-28)19-37-11-7-20(8-12-37)46-26-6-10-34-23-9-17-48-30(23)26/h1-3,6,9-10,17-18,20,24H,4-5,7-8,11-16,19H2,(H,35,39,40). The molecule has 2 saturated heterocycles. The number of piperidine rings is 2. The molecule has 1 N–H and O–H groups in total. The van der Waals surface area contributed by atoms with E-state index in [-0.39, 0.29) is 62.2 Å². The predicted octanol–water partition coefficient (Wildman–Crippen LogP) is 3.20. The second-order valence-electron chi connectivity index (χ2n) is 11.6. The zero-order chi connectivity index (χ0) is 33.0. The average Bonchev–Trinajstić information content (AvgIpc) is 3.81. The van der Waals surface area contributed by atoms with E-state index in [0.29, 0.717) is 18.2 Å².